The van der Waals surface area contributed by atoms with Crippen molar-refractivity contribution in [1.82, 2.24) is 0 Å². The summed E-state index contributed by atoms with van der Waals surface area (Å²) in [6.07, 6.45) is 4.24. The largest absolute Gasteiger partial charge is 0.493 e. The Morgan fingerprint density at radius 3 is 1.97 bits per heavy atom. The topological polar surface area (TPSA) is 44.8 Å². The van der Waals surface area contributed by atoms with Gasteiger partial charge in [-0.1, -0.05) is 39.8 Å². The lowest BCUT2D eigenvalue weighted by molar-refractivity contribution is -0.125. The minimum absolute atomic E-state index is 0.0469. The van der Waals surface area contributed by atoms with Crippen LogP contribution in [0.1, 0.15) is 46.1 Å². The van der Waals surface area contributed by atoms with Gasteiger partial charge in [-0.15, -0.1) is 0 Å². The summed E-state index contributed by atoms with van der Waals surface area (Å²) in [7, 11) is -5.69. The molecule has 3 unspecified atom stereocenters. The molecule has 3 atom stereocenters. The molecule has 35 heavy (non-hydrogen) atoms. The molecule has 0 radical (unpaired) electrons. The second-order valence-electron chi connectivity index (χ2n) is 13.8. The lowest BCUT2D eigenvalue weighted by atomic mass is 9.70. The highest BCUT2D eigenvalue weighted by Crippen LogP contribution is 2.65. The minimum Gasteiger partial charge on any atom is -0.493 e. The van der Waals surface area contributed by atoms with Gasteiger partial charge in [0, 0.05) is 5.41 Å². The van der Waals surface area contributed by atoms with Crippen molar-refractivity contribution in [1.29, 1.82) is 0 Å². The van der Waals surface area contributed by atoms with Gasteiger partial charge in [0.15, 0.2) is 22.4 Å². The Morgan fingerprint density at radius 1 is 0.971 bits per heavy atom. The molecule has 196 valence electrons. The third kappa shape index (κ3) is 6.47. The number of benzene rings is 1. The number of ether oxygens (including phenoxy) is 1. The highest BCUT2D eigenvalue weighted by atomic mass is 28.5. The average Bonchev–Trinajstić information content (AvgIpc) is 2.98. The molecule has 1 aromatic rings. The molecule has 2 fully saturated rings. The summed E-state index contributed by atoms with van der Waals surface area (Å²) in [6, 6.07) is 9.13. The van der Waals surface area contributed by atoms with Crippen LogP contribution in [-0.2, 0) is 13.0 Å². The Balaban J connectivity index is 1.62. The van der Waals surface area contributed by atoms with E-state index in [-0.39, 0.29) is 10.8 Å². The van der Waals surface area contributed by atoms with Gasteiger partial charge >= 0.3 is 8.56 Å². The van der Waals surface area contributed by atoms with E-state index in [2.05, 4.69) is 91.7 Å². The van der Waals surface area contributed by atoms with Crippen LogP contribution >= 0.6 is 0 Å². The van der Waals surface area contributed by atoms with E-state index in [1.54, 1.807) is 0 Å². The summed E-state index contributed by atoms with van der Waals surface area (Å²) in [4.78, 5) is 13.1. The Labute approximate surface area is 217 Å². The lowest BCUT2D eigenvalue weighted by Gasteiger charge is -2.39. The van der Waals surface area contributed by atoms with Crippen LogP contribution in [0.15, 0.2) is 29.8 Å². The zero-order chi connectivity index (χ0) is 26.4. The smallest absolute Gasteiger partial charge is 0.314 e. The van der Waals surface area contributed by atoms with Crippen LogP contribution < -0.4 is 4.74 Å². The van der Waals surface area contributed by atoms with E-state index in [4.69, 9.17) is 13.0 Å². The molecule has 7 heteroatoms. The number of rotatable bonds is 10. The van der Waals surface area contributed by atoms with E-state index >= 15 is 0 Å². The molecule has 3 rings (SSSR count). The fraction of sp³-hybridized carbons (Fsp3) is 0.679. The highest BCUT2D eigenvalue weighted by molar-refractivity contribution is 6.87. The number of carbonyl (C=O) groups is 1. The number of hydrogen-bond acceptors (Lipinski definition) is 4. The normalized spacial score (nSPS) is 26.4. The van der Waals surface area contributed by atoms with Gasteiger partial charge in [-0.3, -0.25) is 4.79 Å². The van der Waals surface area contributed by atoms with Crippen LogP contribution in [0.5, 0.6) is 5.75 Å². The Kier molecular flexibility index (Phi) is 7.92. The number of hydrogen-bond donors (Lipinski definition) is 0. The maximum Gasteiger partial charge on any atom is 0.314 e. The van der Waals surface area contributed by atoms with Gasteiger partial charge in [-0.25, -0.2) is 0 Å². The summed E-state index contributed by atoms with van der Waals surface area (Å²) in [5, 5.41) is 0. The van der Waals surface area contributed by atoms with Crippen LogP contribution in [0.2, 0.25) is 51.9 Å². The molecule has 2 aliphatic carbocycles. The third-order valence-corrected chi connectivity index (χ3v) is 17.7. The van der Waals surface area contributed by atoms with E-state index in [1.807, 2.05) is 12.1 Å². The first-order valence-corrected chi connectivity index (χ1v) is 22.6. The van der Waals surface area contributed by atoms with E-state index in [9.17, 15) is 4.79 Å². The Morgan fingerprint density at radius 2 is 1.51 bits per heavy atom. The molecule has 2 saturated carbocycles. The number of Topliss-reactive ketones (excluding diaryl/α,β-unsaturated/α-hetero) is 1. The summed E-state index contributed by atoms with van der Waals surface area (Å²) in [5.41, 5.74) is 1.93. The van der Waals surface area contributed by atoms with Crippen molar-refractivity contribution >= 4 is 37.1 Å². The summed E-state index contributed by atoms with van der Waals surface area (Å²) >= 11 is 0. The van der Waals surface area contributed by atoms with Crippen molar-refractivity contribution < 1.29 is 17.8 Å². The maximum atomic E-state index is 13.1. The van der Waals surface area contributed by atoms with Gasteiger partial charge < -0.3 is 13.0 Å². The summed E-state index contributed by atoms with van der Waals surface area (Å²) in [5.74, 6) is 1.93. The molecule has 0 aliphatic heterocycles. The van der Waals surface area contributed by atoms with Crippen LogP contribution in [0.3, 0.4) is 0 Å². The average molecular weight is 533 g/mol. The lowest BCUT2D eigenvalue weighted by Crippen LogP contribution is -2.53. The molecule has 4 nitrogen and oxygen atoms in total. The molecule has 0 spiro atoms. The monoisotopic (exact) mass is 532 g/mol. The Hall–Kier alpha value is -0.999. The summed E-state index contributed by atoms with van der Waals surface area (Å²) in [6.45, 7) is 25.3. The standard InChI is InChI=1S/C28H48O4Si3/c1-21(20-35(11,31-33(5,6)7)32-34(8,9)10)19-30-23-14-12-22(13-15-23)18-24-25-16-17-28(4,26(24)29)27(25,2)3/h12-15,18,21,25H,16-17,19-20H2,1-11H3. The van der Waals surface area contributed by atoms with Crippen molar-refractivity contribution in [3.8, 4) is 5.75 Å². The first-order valence-electron chi connectivity index (χ1n) is 13.2. The second kappa shape index (κ2) is 9.71. The van der Waals surface area contributed by atoms with Crippen LogP contribution in [-0.4, -0.2) is 37.6 Å². The van der Waals surface area contributed by atoms with Crippen molar-refractivity contribution in [3.05, 3.63) is 35.4 Å². The van der Waals surface area contributed by atoms with Gasteiger partial charge in [-0.05, 0) is 111 Å². The first kappa shape index (κ1) is 28.6. The molecule has 0 amide bonds. The molecule has 2 aliphatic rings. The molecular weight excluding hydrogens is 485 g/mol. The quantitative estimate of drug-likeness (QED) is 0.227. The van der Waals surface area contributed by atoms with Crippen LogP contribution in [0.25, 0.3) is 6.08 Å². The van der Waals surface area contributed by atoms with Crippen molar-refractivity contribution in [2.75, 3.05) is 6.61 Å². The number of carbonyl (C=O) groups excluding carboxylic acids is 1. The molecular formula is C28H48O4Si3. The van der Waals surface area contributed by atoms with Crippen LogP contribution in [0.4, 0.5) is 0 Å². The second-order valence-corrected chi connectivity index (χ2v) is 26.6. The highest BCUT2D eigenvalue weighted by Gasteiger charge is 2.63. The van der Waals surface area contributed by atoms with Crippen molar-refractivity contribution in [3.63, 3.8) is 0 Å². The SMILES string of the molecule is CC(COc1ccc(C=C2C(=O)C3(C)CCC2C3(C)C)cc1)C[Si](C)(O[Si](C)(C)C)O[Si](C)(C)C. The van der Waals surface area contributed by atoms with E-state index in [0.29, 0.717) is 24.2 Å². The predicted octanol–water partition coefficient (Wildman–Crippen LogP) is 7.89. The van der Waals surface area contributed by atoms with Crippen molar-refractivity contribution in [2.24, 2.45) is 22.7 Å². The summed E-state index contributed by atoms with van der Waals surface area (Å²) < 4.78 is 19.5. The molecule has 0 heterocycles. The van der Waals surface area contributed by atoms with E-state index in [0.717, 1.165) is 35.8 Å². The van der Waals surface area contributed by atoms with Gasteiger partial charge in [-0.2, -0.15) is 0 Å². The first-order chi connectivity index (χ1) is 15.9. The maximum absolute atomic E-state index is 13.1. The molecule has 2 bridgehead atoms. The van der Waals surface area contributed by atoms with Gasteiger partial charge in [0.2, 0.25) is 0 Å². The van der Waals surface area contributed by atoms with Gasteiger partial charge in [0.25, 0.3) is 0 Å². The zero-order valence-electron chi connectivity index (χ0n) is 24.0. The van der Waals surface area contributed by atoms with Crippen LogP contribution in [0, 0.1) is 22.7 Å². The van der Waals surface area contributed by atoms with E-state index in [1.165, 1.54) is 0 Å². The van der Waals surface area contributed by atoms with Crippen molar-refractivity contribution in [2.45, 2.75) is 92.4 Å². The van der Waals surface area contributed by atoms with E-state index < -0.39 is 25.2 Å². The number of allylic oxidation sites excluding steroid dienone is 1. The number of ketones is 1. The Bertz CT molecular complexity index is 940. The molecule has 0 N–H and O–H groups in total. The predicted molar refractivity (Wildman–Crippen MR) is 154 cm³/mol. The van der Waals surface area contributed by atoms with Gasteiger partial charge in [0.05, 0.1) is 6.61 Å². The number of fused-ring (bicyclic) bond motifs is 2. The van der Waals surface area contributed by atoms with Gasteiger partial charge in [0.1, 0.15) is 5.75 Å². The minimum atomic E-state index is -2.28. The zero-order valence-corrected chi connectivity index (χ0v) is 27.0. The fourth-order valence-corrected chi connectivity index (χ4v) is 19.2. The fourth-order valence-electron chi connectivity index (χ4n) is 6.26. The molecule has 0 aromatic heterocycles. The molecule has 0 saturated heterocycles. The third-order valence-electron chi connectivity index (χ3n) is 7.87. The molecule has 1 aromatic carbocycles.